The molecule has 0 spiro atoms. The second-order valence-corrected chi connectivity index (χ2v) is 11.8. The van der Waals surface area contributed by atoms with Gasteiger partial charge in [0.1, 0.15) is 11.3 Å². The molecule has 4 aliphatic rings. The van der Waals surface area contributed by atoms with E-state index in [1.807, 2.05) is 0 Å². The van der Waals surface area contributed by atoms with Crippen LogP contribution in [0.25, 0.3) is 10.2 Å². The smallest absolute Gasteiger partial charge is 0.335 e. The number of nitrogens with zero attached hydrogens (tertiary/aromatic N) is 3. The summed E-state index contributed by atoms with van der Waals surface area (Å²) in [5, 5.41) is 14.5. The van der Waals surface area contributed by atoms with Crippen LogP contribution in [0.2, 0.25) is 0 Å². The van der Waals surface area contributed by atoms with E-state index in [1.165, 1.54) is 42.2 Å². The Kier molecular flexibility index (Phi) is 4.97. The van der Waals surface area contributed by atoms with Crippen LogP contribution in [0.1, 0.15) is 91.1 Å². The van der Waals surface area contributed by atoms with Gasteiger partial charge < -0.3 is 19.3 Å². The summed E-state index contributed by atoms with van der Waals surface area (Å²) in [7, 11) is 0. The van der Waals surface area contributed by atoms with E-state index >= 15 is 0 Å². The number of fused-ring (bicyclic) bond motifs is 3. The number of hydrogen-bond acceptors (Lipinski definition) is 7. The van der Waals surface area contributed by atoms with Crippen LogP contribution in [0.5, 0.6) is 0 Å². The van der Waals surface area contributed by atoms with Gasteiger partial charge in [0.05, 0.1) is 28.7 Å². The molecule has 2 saturated carbocycles. The van der Waals surface area contributed by atoms with Crippen molar-refractivity contribution in [1.29, 1.82) is 0 Å². The number of benzene rings is 1. The minimum absolute atomic E-state index is 0.0421. The van der Waals surface area contributed by atoms with Gasteiger partial charge in [0, 0.05) is 29.5 Å². The molecule has 4 unspecified atom stereocenters. The maximum absolute atomic E-state index is 14.5. The fourth-order valence-corrected chi connectivity index (χ4v) is 7.29. The molecule has 7 nitrogen and oxygen atoms in total. The fraction of sp³-hybridized carbons (Fsp3) is 0.577. The number of thiazole rings is 1. The van der Waals surface area contributed by atoms with Crippen LogP contribution < -0.4 is 4.90 Å². The Morgan fingerprint density at radius 2 is 1.97 bits per heavy atom. The van der Waals surface area contributed by atoms with E-state index in [9.17, 15) is 14.3 Å². The van der Waals surface area contributed by atoms with Crippen molar-refractivity contribution in [2.75, 3.05) is 4.90 Å². The first-order valence-corrected chi connectivity index (χ1v) is 13.5. The first-order chi connectivity index (χ1) is 17.0. The molecule has 4 heterocycles. The highest BCUT2D eigenvalue weighted by Crippen LogP contribution is 2.51. The van der Waals surface area contributed by atoms with Gasteiger partial charge in [-0.05, 0) is 63.0 Å². The van der Waals surface area contributed by atoms with E-state index in [0.717, 1.165) is 48.3 Å². The summed E-state index contributed by atoms with van der Waals surface area (Å²) in [6.45, 7) is 2.84. The van der Waals surface area contributed by atoms with Crippen molar-refractivity contribution in [2.45, 2.75) is 88.5 Å². The molecular weight excluding hydrogens is 469 g/mol. The van der Waals surface area contributed by atoms with E-state index in [4.69, 9.17) is 9.26 Å². The number of hydrogen-bond donors (Lipinski definition) is 1. The SMILES string of the molecule is CC1CC1c1noc(C2CC2)c1COC1CC2CC[C@@H](C1)N2c1nc2c(F)cc(C(=O)O)cc2s1. The predicted octanol–water partition coefficient (Wildman–Crippen LogP) is 5.84. The lowest BCUT2D eigenvalue weighted by Gasteiger charge is -2.38. The Morgan fingerprint density at radius 3 is 2.63 bits per heavy atom. The van der Waals surface area contributed by atoms with Crippen LogP contribution in [0.15, 0.2) is 16.7 Å². The quantitative estimate of drug-likeness (QED) is 0.439. The van der Waals surface area contributed by atoms with Crippen molar-refractivity contribution < 1.29 is 23.6 Å². The number of carboxylic acid groups (broad SMARTS) is 1. The van der Waals surface area contributed by atoms with Crippen molar-refractivity contribution >= 4 is 32.7 Å². The third-order valence-electron chi connectivity index (χ3n) is 8.32. The standard InChI is InChI=1S/C26H28FN3O4S/c1-12-6-18(12)22-19(24(34-29-22)13-2-3-13)11-33-17-9-15-4-5-16(10-17)30(15)26-28-23-20(27)7-14(25(31)32)8-21(23)35-26/h7-8,12-13,15-18H,2-6,9-11H2,1H3,(H,31,32)/t12?,15-,16?,17?,18?/m0/s1. The highest BCUT2D eigenvalue weighted by Gasteiger charge is 2.44. The molecule has 35 heavy (non-hydrogen) atoms. The number of aromatic carboxylic acids is 1. The van der Waals surface area contributed by atoms with Crippen LogP contribution in [-0.2, 0) is 11.3 Å². The molecule has 3 aromatic rings. The number of carbonyl (C=O) groups is 1. The van der Waals surface area contributed by atoms with E-state index in [0.29, 0.717) is 41.1 Å². The van der Waals surface area contributed by atoms with Gasteiger partial charge in [0.2, 0.25) is 0 Å². The van der Waals surface area contributed by atoms with Gasteiger partial charge in [-0.25, -0.2) is 14.2 Å². The summed E-state index contributed by atoms with van der Waals surface area (Å²) in [4.78, 5) is 18.2. The second-order valence-electron chi connectivity index (χ2n) is 10.8. The Morgan fingerprint density at radius 1 is 1.23 bits per heavy atom. The zero-order chi connectivity index (χ0) is 23.8. The molecule has 1 aromatic carbocycles. The zero-order valence-electron chi connectivity index (χ0n) is 19.6. The molecule has 5 atom stereocenters. The predicted molar refractivity (Wildman–Crippen MR) is 129 cm³/mol. The van der Waals surface area contributed by atoms with E-state index in [2.05, 4.69) is 22.0 Å². The van der Waals surface area contributed by atoms with Gasteiger partial charge in [-0.1, -0.05) is 23.4 Å². The summed E-state index contributed by atoms with van der Waals surface area (Å²) in [6, 6.07) is 3.18. The van der Waals surface area contributed by atoms with Crippen LogP contribution in [0, 0.1) is 11.7 Å². The number of rotatable bonds is 7. The van der Waals surface area contributed by atoms with E-state index in [-0.39, 0.29) is 17.2 Å². The van der Waals surface area contributed by atoms with Gasteiger partial charge in [-0.2, -0.15) is 0 Å². The molecule has 2 bridgehead atoms. The highest BCUT2D eigenvalue weighted by molar-refractivity contribution is 7.22. The first-order valence-electron chi connectivity index (χ1n) is 12.7. The third kappa shape index (κ3) is 3.74. The van der Waals surface area contributed by atoms with Crippen LogP contribution in [0.4, 0.5) is 9.52 Å². The van der Waals surface area contributed by atoms with Crippen molar-refractivity contribution in [3.63, 3.8) is 0 Å². The Labute approximate surface area is 206 Å². The van der Waals surface area contributed by atoms with Gasteiger partial charge >= 0.3 is 5.97 Å². The highest BCUT2D eigenvalue weighted by atomic mass is 32.1. The number of halogens is 1. The molecule has 0 radical (unpaired) electrons. The minimum atomic E-state index is -1.13. The lowest BCUT2D eigenvalue weighted by molar-refractivity contribution is 0.0142. The molecule has 2 aliphatic heterocycles. The normalized spacial score (nSPS) is 29.8. The molecule has 0 amide bonds. The summed E-state index contributed by atoms with van der Waals surface area (Å²) < 4.78 is 27.4. The Hall–Kier alpha value is -2.52. The van der Waals surface area contributed by atoms with Crippen molar-refractivity contribution in [1.82, 2.24) is 10.1 Å². The number of ether oxygens (including phenoxy) is 1. The molecule has 2 aliphatic carbocycles. The van der Waals surface area contributed by atoms with Crippen molar-refractivity contribution in [2.24, 2.45) is 5.92 Å². The number of piperidine rings is 1. The molecule has 2 saturated heterocycles. The molecule has 7 rings (SSSR count). The molecule has 1 N–H and O–H groups in total. The van der Waals surface area contributed by atoms with Crippen molar-refractivity contribution in [3.8, 4) is 0 Å². The van der Waals surface area contributed by atoms with Crippen LogP contribution in [-0.4, -0.2) is 39.4 Å². The van der Waals surface area contributed by atoms with Crippen molar-refractivity contribution in [3.05, 3.63) is 40.5 Å². The first kappa shape index (κ1) is 21.7. The lowest BCUT2D eigenvalue weighted by atomic mass is 10.00. The summed E-state index contributed by atoms with van der Waals surface area (Å²) in [5.74, 6) is 1.06. The number of anilines is 1. The number of aromatic nitrogens is 2. The molecule has 9 heteroatoms. The minimum Gasteiger partial charge on any atom is -0.478 e. The molecular formula is C26H28FN3O4S. The second kappa shape index (κ2) is 8.00. The fourth-order valence-electron chi connectivity index (χ4n) is 6.13. The van der Waals surface area contributed by atoms with Gasteiger partial charge in [0.25, 0.3) is 0 Å². The molecule has 184 valence electrons. The summed E-state index contributed by atoms with van der Waals surface area (Å²) in [6.07, 6.45) is 7.66. The Balaban J connectivity index is 1.08. The van der Waals surface area contributed by atoms with E-state index in [1.54, 1.807) is 0 Å². The average molecular weight is 498 g/mol. The average Bonchev–Trinajstić information content (AvgIpc) is 3.69. The third-order valence-corrected chi connectivity index (χ3v) is 9.33. The topological polar surface area (TPSA) is 88.7 Å². The molecule has 2 aromatic heterocycles. The molecule has 4 fully saturated rings. The largest absolute Gasteiger partial charge is 0.478 e. The Bertz CT molecular complexity index is 1300. The van der Waals surface area contributed by atoms with Crippen LogP contribution >= 0.6 is 11.3 Å². The van der Waals surface area contributed by atoms with Gasteiger partial charge in [-0.15, -0.1) is 0 Å². The summed E-state index contributed by atoms with van der Waals surface area (Å²) in [5.41, 5.74) is 2.54. The van der Waals surface area contributed by atoms with Gasteiger partial charge in [0.15, 0.2) is 10.9 Å². The van der Waals surface area contributed by atoms with E-state index < -0.39 is 11.8 Å². The maximum atomic E-state index is 14.5. The van der Waals surface area contributed by atoms with Crippen LogP contribution in [0.3, 0.4) is 0 Å². The number of carboxylic acids is 1. The lowest BCUT2D eigenvalue weighted by Crippen LogP contribution is -2.45. The monoisotopic (exact) mass is 497 g/mol. The van der Waals surface area contributed by atoms with Gasteiger partial charge in [-0.3, -0.25) is 0 Å². The maximum Gasteiger partial charge on any atom is 0.335 e. The summed E-state index contributed by atoms with van der Waals surface area (Å²) >= 11 is 1.38. The zero-order valence-corrected chi connectivity index (χ0v) is 20.4.